The van der Waals surface area contributed by atoms with Crippen LogP contribution in [-0.4, -0.2) is 96.7 Å². The Morgan fingerprint density at radius 1 is 0.325 bits per heavy atom. The molecule has 0 saturated heterocycles. The smallest absolute Gasteiger partial charge is 0.462 e. The molecule has 19 heteroatoms. The van der Waals surface area contributed by atoms with Crippen molar-refractivity contribution in [2.24, 2.45) is 5.92 Å². The molecule has 0 amide bonds. The van der Waals surface area contributed by atoms with Gasteiger partial charge in [-0.25, -0.2) is 9.13 Å². The van der Waals surface area contributed by atoms with Crippen molar-refractivity contribution in [3.63, 3.8) is 0 Å². The quantitative estimate of drug-likeness (QED) is 0.0222. The highest BCUT2D eigenvalue weighted by Gasteiger charge is 2.30. The number of aliphatic hydroxyl groups is 1. The molecule has 3 N–H and O–H groups in total. The molecule has 83 heavy (non-hydrogen) atoms. The molecule has 17 nitrogen and oxygen atoms in total. The summed E-state index contributed by atoms with van der Waals surface area (Å²) in [4.78, 5) is 71.7. The van der Waals surface area contributed by atoms with Crippen molar-refractivity contribution in [1.82, 2.24) is 0 Å². The summed E-state index contributed by atoms with van der Waals surface area (Å²) in [5, 5.41) is 10.5. The van der Waals surface area contributed by atoms with Crippen molar-refractivity contribution in [3.05, 3.63) is 0 Å². The summed E-state index contributed by atoms with van der Waals surface area (Å²) in [6, 6.07) is 0. The van der Waals surface area contributed by atoms with Gasteiger partial charge in [-0.3, -0.25) is 37.3 Å². The van der Waals surface area contributed by atoms with Crippen LogP contribution in [0.3, 0.4) is 0 Å². The van der Waals surface area contributed by atoms with E-state index in [0.29, 0.717) is 25.7 Å². The number of esters is 4. The number of aliphatic hydroxyl groups excluding tert-OH is 1. The molecular weight excluding hydrogens is 1100 g/mol. The first-order valence-electron chi connectivity index (χ1n) is 33.6. The highest BCUT2D eigenvalue weighted by molar-refractivity contribution is 7.47. The largest absolute Gasteiger partial charge is 0.472 e. The molecule has 5 atom stereocenters. The number of rotatable bonds is 64. The van der Waals surface area contributed by atoms with Gasteiger partial charge in [0.25, 0.3) is 0 Å². The Kier molecular flexibility index (Phi) is 56.4. The Bertz CT molecular complexity index is 1620. The Morgan fingerprint density at radius 3 is 0.819 bits per heavy atom. The van der Waals surface area contributed by atoms with Crippen LogP contribution in [0, 0.1) is 5.92 Å². The van der Waals surface area contributed by atoms with Gasteiger partial charge in [-0.15, -0.1) is 0 Å². The van der Waals surface area contributed by atoms with Gasteiger partial charge in [0.2, 0.25) is 0 Å². The molecular formula is C64H124O17P2. The third-order valence-electron chi connectivity index (χ3n) is 14.8. The number of phosphoric acid groups is 2. The normalized spacial score (nSPS) is 14.2. The van der Waals surface area contributed by atoms with Crippen LogP contribution < -0.4 is 0 Å². The molecule has 0 bridgehead atoms. The van der Waals surface area contributed by atoms with Gasteiger partial charge in [0.1, 0.15) is 19.3 Å². The van der Waals surface area contributed by atoms with E-state index in [9.17, 15) is 43.2 Å². The predicted octanol–water partition coefficient (Wildman–Crippen LogP) is 17.8. The molecule has 0 fully saturated rings. The molecule has 0 rings (SSSR count). The van der Waals surface area contributed by atoms with Crippen molar-refractivity contribution < 1.29 is 80.2 Å². The zero-order valence-electron chi connectivity index (χ0n) is 53.3. The molecule has 0 heterocycles. The van der Waals surface area contributed by atoms with Gasteiger partial charge in [-0.2, -0.15) is 0 Å². The van der Waals surface area contributed by atoms with Gasteiger partial charge in [-0.05, 0) is 31.6 Å². The van der Waals surface area contributed by atoms with Crippen LogP contribution in [-0.2, 0) is 65.4 Å². The van der Waals surface area contributed by atoms with Crippen molar-refractivity contribution >= 4 is 39.5 Å². The summed E-state index contributed by atoms with van der Waals surface area (Å²) in [5.74, 6) is -1.34. The fraction of sp³-hybridized carbons (Fsp3) is 0.938. The first-order chi connectivity index (χ1) is 40.0. The highest BCUT2D eigenvalue weighted by atomic mass is 31.2. The summed E-state index contributed by atoms with van der Waals surface area (Å²) in [6.45, 7) is 7.05. The maximum atomic E-state index is 13.0. The van der Waals surface area contributed by atoms with Crippen LogP contribution in [0.5, 0.6) is 0 Å². The average Bonchev–Trinajstić information content (AvgIpc) is 3.45. The summed E-state index contributed by atoms with van der Waals surface area (Å²) < 4.78 is 67.6. The summed E-state index contributed by atoms with van der Waals surface area (Å²) >= 11 is 0. The van der Waals surface area contributed by atoms with Crippen molar-refractivity contribution in [3.8, 4) is 0 Å². The van der Waals surface area contributed by atoms with Crippen molar-refractivity contribution in [1.29, 1.82) is 0 Å². The Hall–Kier alpha value is -1.94. The lowest BCUT2D eigenvalue weighted by Crippen LogP contribution is -2.30. The second-order valence-corrected chi connectivity index (χ2v) is 26.5. The lowest BCUT2D eigenvalue weighted by molar-refractivity contribution is -0.161. The molecule has 0 aromatic rings. The Labute approximate surface area is 505 Å². The van der Waals surface area contributed by atoms with Gasteiger partial charge in [0.15, 0.2) is 12.2 Å². The lowest BCUT2D eigenvalue weighted by atomic mass is 10.0. The number of carbonyl (C=O) groups is 4. The summed E-state index contributed by atoms with van der Waals surface area (Å²) in [7, 11) is -9.87. The third-order valence-corrected chi connectivity index (χ3v) is 16.7. The van der Waals surface area contributed by atoms with Gasteiger partial charge in [-0.1, -0.05) is 272 Å². The maximum Gasteiger partial charge on any atom is 0.472 e. The predicted molar refractivity (Wildman–Crippen MR) is 331 cm³/mol. The first kappa shape index (κ1) is 81.1. The highest BCUT2D eigenvalue weighted by Crippen LogP contribution is 2.45. The minimum Gasteiger partial charge on any atom is -0.462 e. The van der Waals surface area contributed by atoms with Crippen LogP contribution in [0.2, 0.25) is 0 Å². The number of ether oxygens (including phenoxy) is 4. The molecule has 2 unspecified atom stereocenters. The Morgan fingerprint density at radius 2 is 0.554 bits per heavy atom. The monoisotopic (exact) mass is 1230 g/mol. The van der Waals surface area contributed by atoms with Crippen LogP contribution in [0.15, 0.2) is 0 Å². The fourth-order valence-corrected chi connectivity index (χ4v) is 11.2. The average molecular weight is 1230 g/mol. The molecule has 0 aromatic heterocycles. The standard InChI is InChI=1S/C64H124O17P2/c1-6-9-12-15-16-17-18-19-25-28-31-34-39-43-48-62(67)75-54-60(81-64(69)50-45-40-35-32-29-26-23-21-20-22-24-27-30-33-38-41-46-57(4)5)56-79-83(72,73)77-52-58(65)51-76-82(70,71)78-55-59(80-63(68)49-44-37-14-11-8-3)53-74-61(66)47-42-36-13-10-7-2/h57-60,65H,6-56H2,1-5H3,(H,70,71)(H,72,73)/t58-,59+,60+/m0/s1. The number of unbranched alkanes of at least 4 members (excludes halogenated alkanes) is 36. The summed E-state index contributed by atoms with van der Waals surface area (Å²) in [5.41, 5.74) is 0. The van der Waals surface area contributed by atoms with Gasteiger partial charge in [0.05, 0.1) is 26.4 Å². The zero-order valence-corrected chi connectivity index (χ0v) is 55.1. The van der Waals surface area contributed by atoms with Crippen molar-refractivity contribution in [2.75, 3.05) is 39.6 Å². The number of carbonyl (C=O) groups excluding carboxylic acids is 4. The van der Waals surface area contributed by atoms with E-state index < -0.39 is 97.5 Å². The lowest BCUT2D eigenvalue weighted by Gasteiger charge is -2.21. The van der Waals surface area contributed by atoms with Gasteiger partial charge < -0.3 is 33.8 Å². The second kappa shape index (κ2) is 57.8. The van der Waals surface area contributed by atoms with E-state index in [1.165, 1.54) is 141 Å². The van der Waals surface area contributed by atoms with E-state index in [1.54, 1.807) is 0 Å². The van der Waals surface area contributed by atoms with E-state index >= 15 is 0 Å². The minimum absolute atomic E-state index is 0.0990. The molecule has 0 saturated carbocycles. The van der Waals surface area contributed by atoms with E-state index in [4.69, 9.17) is 37.0 Å². The second-order valence-electron chi connectivity index (χ2n) is 23.6. The molecule has 0 aliphatic heterocycles. The number of phosphoric ester groups is 2. The third kappa shape index (κ3) is 58.8. The van der Waals surface area contributed by atoms with E-state index in [0.717, 1.165) is 102 Å². The van der Waals surface area contributed by atoms with E-state index in [-0.39, 0.29) is 25.7 Å². The van der Waals surface area contributed by atoms with E-state index in [2.05, 4.69) is 34.6 Å². The first-order valence-corrected chi connectivity index (χ1v) is 36.6. The Balaban J connectivity index is 5.07. The van der Waals surface area contributed by atoms with Gasteiger partial charge >= 0.3 is 39.5 Å². The van der Waals surface area contributed by atoms with Crippen LogP contribution >= 0.6 is 15.6 Å². The number of hydrogen-bond acceptors (Lipinski definition) is 15. The summed E-state index contributed by atoms with van der Waals surface area (Å²) in [6.07, 6.45) is 42.6. The van der Waals surface area contributed by atoms with Crippen molar-refractivity contribution in [2.45, 2.75) is 342 Å². The number of hydrogen-bond donors (Lipinski definition) is 3. The van der Waals surface area contributed by atoms with Gasteiger partial charge in [0, 0.05) is 25.7 Å². The van der Waals surface area contributed by atoms with Crippen LogP contribution in [0.4, 0.5) is 0 Å². The molecule has 0 aromatic carbocycles. The van der Waals surface area contributed by atoms with E-state index in [1.807, 2.05) is 0 Å². The SMILES string of the molecule is CCCCCCCCCCCCCCCCC(=O)OC[C@H](COP(=O)(O)OC[C@@H](O)COP(=O)(O)OC[C@@H](COC(=O)CCCCCCC)OC(=O)CCCCCCC)OC(=O)CCCCCCCCCCCCCCCCCCC(C)C. The molecule has 0 radical (unpaired) electrons. The molecule has 492 valence electrons. The van der Waals surface area contributed by atoms with Crippen LogP contribution in [0.25, 0.3) is 0 Å². The molecule has 0 spiro atoms. The zero-order chi connectivity index (χ0) is 61.3. The fourth-order valence-electron chi connectivity index (χ4n) is 9.58. The topological polar surface area (TPSA) is 237 Å². The molecule has 0 aliphatic rings. The minimum atomic E-state index is -4.94. The van der Waals surface area contributed by atoms with Crippen LogP contribution in [0.1, 0.15) is 324 Å². The molecule has 0 aliphatic carbocycles. The maximum absolute atomic E-state index is 13.0.